The molecule has 1 amide bonds. The van der Waals surface area contributed by atoms with Crippen LogP contribution in [0.2, 0.25) is 0 Å². The lowest BCUT2D eigenvalue weighted by Crippen LogP contribution is -2.15. The van der Waals surface area contributed by atoms with Gasteiger partial charge in [-0.05, 0) is 42.8 Å². The third kappa shape index (κ3) is 2.69. The predicted molar refractivity (Wildman–Crippen MR) is 89.4 cm³/mol. The van der Waals surface area contributed by atoms with Crippen LogP contribution in [0.4, 0.5) is 5.69 Å². The molecule has 0 radical (unpaired) electrons. The summed E-state index contributed by atoms with van der Waals surface area (Å²) < 4.78 is 4.57. The summed E-state index contributed by atoms with van der Waals surface area (Å²) in [6.45, 7) is 1.98. The Balaban J connectivity index is 1.91. The van der Waals surface area contributed by atoms with E-state index in [-0.39, 0.29) is 5.91 Å². The molecule has 22 heavy (non-hydrogen) atoms. The van der Waals surface area contributed by atoms with E-state index in [2.05, 4.69) is 26.3 Å². The fraction of sp³-hybridized carbons (Fsp3) is 0.125. The van der Waals surface area contributed by atoms with Crippen LogP contribution < -0.4 is 5.32 Å². The Kier molecular flexibility index (Phi) is 3.85. The molecule has 0 saturated carbocycles. The minimum atomic E-state index is -0.182. The average molecular weight is 359 g/mol. The van der Waals surface area contributed by atoms with Crippen LogP contribution in [0.1, 0.15) is 15.9 Å². The van der Waals surface area contributed by atoms with E-state index in [0.717, 1.165) is 21.5 Å². The molecule has 5 nitrogen and oxygen atoms in total. The van der Waals surface area contributed by atoms with Gasteiger partial charge in [0.1, 0.15) is 11.4 Å². The molecule has 0 aliphatic rings. The molecule has 3 rings (SSSR count). The van der Waals surface area contributed by atoms with Crippen LogP contribution >= 0.6 is 15.9 Å². The van der Waals surface area contributed by atoms with Gasteiger partial charge in [0.25, 0.3) is 5.91 Å². The maximum Gasteiger partial charge on any atom is 0.261 e. The van der Waals surface area contributed by atoms with Gasteiger partial charge in [-0.15, -0.1) is 0 Å². The van der Waals surface area contributed by atoms with Crippen molar-refractivity contribution in [3.63, 3.8) is 0 Å². The molecule has 0 aliphatic heterocycles. The summed E-state index contributed by atoms with van der Waals surface area (Å²) in [4.78, 5) is 12.6. The summed E-state index contributed by atoms with van der Waals surface area (Å²) in [5.74, 6) is 0.551. The number of carbonyl (C=O) groups excluding carboxylic acids is 1. The zero-order valence-electron chi connectivity index (χ0n) is 12.2. The second-order valence-electron chi connectivity index (χ2n) is 5.01. The molecule has 0 unspecified atom stereocenters. The van der Waals surface area contributed by atoms with E-state index in [1.807, 2.05) is 61.3 Å². The lowest BCUT2D eigenvalue weighted by molar-refractivity contribution is 0.102. The minimum Gasteiger partial charge on any atom is -0.322 e. The monoisotopic (exact) mass is 358 g/mol. The number of hydrogen-bond donors (Lipinski definition) is 1. The maximum absolute atomic E-state index is 12.6. The van der Waals surface area contributed by atoms with Crippen molar-refractivity contribution in [1.29, 1.82) is 0 Å². The highest BCUT2D eigenvalue weighted by Gasteiger charge is 2.17. The van der Waals surface area contributed by atoms with Crippen molar-refractivity contribution in [3.05, 3.63) is 64.5 Å². The fourth-order valence-electron chi connectivity index (χ4n) is 2.29. The summed E-state index contributed by atoms with van der Waals surface area (Å²) in [5.41, 5.74) is 2.35. The summed E-state index contributed by atoms with van der Waals surface area (Å²) in [6, 6.07) is 9.52. The van der Waals surface area contributed by atoms with Gasteiger partial charge < -0.3 is 9.88 Å². The number of hydrogen-bond acceptors (Lipinski definition) is 2. The minimum absolute atomic E-state index is 0.182. The third-order valence-electron chi connectivity index (χ3n) is 3.42. The number of amides is 1. The van der Waals surface area contributed by atoms with Crippen molar-refractivity contribution in [2.45, 2.75) is 6.92 Å². The second-order valence-corrected chi connectivity index (χ2v) is 5.87. The molecule has 112 valence electrons. The van der Waals surface area contributed by atoms with Crippen molar-refractivity contribution in [3.8, 4) is 5.82 Å². The molecule has 2 aromatic heterocycles. The van der Waals surface area contributed by atoms with Crippen LogP contribution in [0, 0.1) is 6.92 Å². The van der Waals surface area contributed by atoms with Crippen molar-refractivity contribution in [2.24, 2.45) is 7.05 Å². The molecule has 0 spiro atoms. The topological polar surface area (TPSA) is 51.9 Å². The van der Waals surface area contributed by atoms with Gasteiger partial charge in [-0.25, -0.2) is 0 Å². The highest BCUT2D eigenvalue weighted by molar-refractivity contribution is 9.10. The lowest BCUT2D eigenvalue weighted by atomic mass is 10.2. The Labute approximate surface area is 136 Å². The van der Waals surface area contributed by atoms with E-state index in [1.165, 1.54) is 0 Å². The van der Waals surface area contributed by atoms with Gasteiger partial charge in [0.05, 0.1) is 6.20 Å². The quantitative estimate of drug-likeness (QED) is 0.778. The smallest absolute Gasteiger partial charge is 0.261 e. The van der Waals surface area contributed by atoms with Gasteiger partial charge >= 0.3 is 0 Å². The Morgan fingerprint density at radius 3 is 2.68 bits per heavy atom. The van der Waals surface area contributed by atoms with Gasteiger partial charge in [0.15, 0.2) is 0 Å². The molecule has 6 heteroatoms. The van der Waals surface area contributed by atoms with Gasteiger partial charge in [-0.2, -0.15) is 5.10 Å². The SMILES string of the molecule is Cc1cc(NC(=O)c2cnn(C)c2-n2cccc2)ccc1Br. The Morgan fingerprint density at radius 2 is 2.00 bits per heavy atom. The molecule has 0 bridgehead atoms. The number of rotatable bonds is 3. The molecule has 0 aliphatic carbocycles. The van der Waals surface area contributed by atoms with E-state index in [4.69, 9.17) is 0 Å². The maximum atomic E-state index is 12.6. The molecule has 1 N–H and O–H groups in total. The normalized spacial score (nSPS) is 10.7. The van der Waals surface area contributed by atoms with Gasteiger partial charge in [0.2, 0.25) is 0 Å². The largest absolute Gasteiger partial charge is 0.322 e. The van der Waals surface area contributed by atoms with Crippen molar-refractivity contribution < 1.29 is 4.79 Å². The number of aryl methyl sites for hydroxylation is 2. The number of nitrogens with one attached hydrogen (secondary N) is 1. The van der Waals surface area contributed by atoms with Crippen LogP contribution in [0.25, 0.3) is 5.82 Å². The number of carbonyl (C=O) groups is 1. The van der Waals surface area contributed by atoms with E-state index in [1.54, 1.807) is 10.9 Å². The van der Waals surface area contributed by atoms with Gasteiger partial charge in [-0.3, -0.25) is 9.48 Å². The van der Waals surface area contributed by atoms with Crippen molar-refractivity contribution in [1.82, 2.24) is 14.3 Å². The first-order chi connectivity index (χ1) is 10.6. The van der Waals surface area contributed by atoms with Gasteiger partial charge in [0, 0.05) is 29.6 Å². The lowest BCUT2D eigenvalue weighted by Gasteiger charge is -2.09. The van der Waals surface area contributed by atoms with Crippen molar-refractivity contribution >= 4 is 27.5 Å². The Morgan fingerprint density at radius 1 is 1.27 bits per heavy atom. The van der Waals surface area contributed by atoms with E-state index < -0.39 is 0 Å². The zero-order chi connectivity index (χ0) is 15.7. The number of aromatic nitrogens is 3. The average Bonchev–Trinajstić information content (AvgIpc) is 3.11. The first-order valence-corrected chi connectivity index (χ1v) is 7.58. The van der Waals surface area contributed by atoms with E-state index >= 15 is 0 Å². The van der Waals surface area contributed by atoms with Crippen LogP contribution in [-0.2, 0) is 7.05 Å². The Hall–Kier alpha value is -2.34. The zero-order valence-corrected chi connectivity index (χ0v) is 13.8. The molecule has 3 aromatic rings. The highest BCUT2D eigenvalue weighted by Crippen LogP contribution is 2.21. The first kappa shape index (κ1) is 14.6. The molecule has 2 heterocycles. The molecular weight excluding hydrogens is 344 g/mol. The van der Waals surface area contributed by atoms with Crippen LogP contribution in [-0.4, -0.2) is 20.3 Å². The molecule has 0 fully saturated rings. The predicted octanol–water partition coefficient (Wildman–Crippen LogP) is 3.53. The van der Waals surface area contributed by atoms with E-state index in [0.29, 0.717) is 5.56 Å². The van der Waals surface area contributed by atoms with E-state index in [9.17, 15) is 4.79 Å². The first-order valence-electron chi connectivity index (χ1n) is 6.79. The Bertz CT molecular complexity index is 821. The highest BCUT2D eigenvalue weighted by atomic mass is 79.9. The number of benzene rings is 1. The number of halogens is 1. The molecule has 0 atom stereocenters. The third-order valence-corrected chi connectivity index (χ3v) is 4.31. The summed E-state index contributed by atoms with van der Waals surface area (Å²) >= 11 is 3.45. The van der Waals surface area contributed by atoms with Crippen LogP contribution in [0.15, 0.2) is 53.4 Å². The van der Waals surface area contributed by atoms with Crippen LogP contribution in [0.3, 0.4) is 0 Å². The van der Waals surface area contributed by atoms with Crippen LogP contribution in [0.5, 0.6) is 0 Å². The summed E-state index contributed by atoms with van der Waals surface area (Å²) in [6.07, 6.45) is 5.35. The molecular formula is C16H15BrN4O. The number of anilines is 1. The van der Waals surface area contributed by atoms with Gasteiger partial charge in [-0.1, -0.05) is 15.9 Å². The van der Waals surface area contributed by atoms with Crippen molar-refractivity contribution in [2.75, 3.05) is 5.32 Å². The molecule has 0 saturated heterocycles. The summed E-state index contributed by atoms with van der Waals surface area (Å²) in [7, 11) is 1.82. The fourth-order valence-corrected chi connectivity index (χ4v) is 2.54. The molecule has 1 aromatic carbocycles. The number of nitrogens with zero attached hydrogens (tertiary/aromatic N) is 3. The summed E-state index contributed by atoms with van der Waals surface area (Å²) in [5, 5.41) is 7.11. The standard InChI is InChI=1S/C16H15BrN4O/c1-11-9-12(5-6-14(11)17)19-15(22)13-10-18-20(2)16(13)21-7-3-4-8-21/h3-10H,1-2H3,(H,19,22). The second kappa shape index (κ2) is 5.81.